The summed E-state index contributed by atoms with van der Waals surface area (Å²) in [7, 11) is 0. The van der Waals surface area contributed by atoms with E-state index in [1.165, 1.54) is 28.0 Å². The number of benzene rings is 4. The number of aromatic nitrogens is 1. The van der Waals surface area contributed by atoms with E-state index in [1.807, 2.05) is 66.7 Å². The average molecular weight is 827 g/mol. The fraction of sp³-hybridized carbons (Fsp3) is 0.0882. The highest BCUT2D eigenvalue weighted by Gasteiger charge is 2.32. The lowest BCUT2D eigenvalue weighted by molar-refractivity contribution is -0.113. The molecule has 1 aliphatic heterocycles. The molecule has 1 aromatic heterocycles. The van der Waals surface area contributed by atoms with Gasteiger partial charge in [-0.2, -0.15) is 0 Å². The van der Waals surface area contributed by atoms with Crippen molar-refractivity contribution in [2.24, 2.45) is 4.99 Å². The second-order valence-electron chi connectivity index (χ2n) is 10.0. The highest BCUT2D eigenvalue weighted by atomic mass is 127. The van der Waals surface area contributed by atoms with Crippen LogP contribution in [-0.2, 0) is 11.4 Å². The lowest BCUT2D eigenvalue weighted by atomic mass is 9.95. The van der Waals surface area contributed by atoms with Crippen LogP contribution < -0.4 is 24.9 Å². The monoisotopic (exact) mass is 827 g/mol. The van der Waals surface area contributed by atoms with Gasteiger partial charge < -0.3 is 10.1 Å². The van der Waals surface area contributed by atoms with Crippen LogP contribution in [0.1, 0.15) is 29.7 Å². The Kier molecular flexibility index (Phi) is 9.10. The maximum absolute atomic E-state index is 14.0. The van der Waals surface area contributed by atoms with Gasteiger partial charge in [0.05, 0.1) is 29.0 Å². The molecule has 1 aliphatic rings. The van der Waals surface area contributed by atoms with Gasteiger partial charge in [0.25, 0.3) is 11.5 Å². The Morgan fingerprint density at radius 2 is 1.64 bits per heavy atom. The van der Waals surface area contributed by atoms with Gasteiger partial charge in [0, 0.05) is 5.69 Å². The number of para-hydroxylation sites is 1. The maximum atomic E-state index is 14.0. The van der Waals surface area contributed by atoms with Gasteiger partial charge in [-0.05, 0) is 111 Å². The normalized spacial score (nSPS) is 14.6. The minimum absolute atomic E-state index is 0.282. The highest BCUT2D eigenvalue weighted by molar-refractivity contribution is 14.1. The summed E-state index contributed by atoms with van der Waals surface area (Å²) in [5.74, 6) is 0.00321. The minimum atomic E-state index is -0.785. The van der Waals surface area contributed by atoms with Crippen molar-refractivity contribution in [3.8, 4) is 5.75 Å². The number of nitrogens with zero attached hydrogens (tertiary/aromatic N) is 2. The van der Waals surface area contributed by atoms with E-state index >= 15 is 0 Å². The number of amides is 1. The molecule has 0 saturated carbocycles. The van der Waals surface area contributed by atoms with Gasteiger partial charge >= 0.3 is 0 Å². The smallest absolute Gasteiger partial charge is 0.271 e. The van der Waals surface area contributed by atoms with E-state index in [0.717, 1.165) is 24.0 Å². The molecule has 1 N–H and O–H groups in total. The molecule has 0 bridgehead atoms. The number of hydrogen-bond acceptors (Lipinski definition) is 5. The van der Waals surface area contributed by atoms with Gasteiger partial charge in [-0.1, -0.05) is 72.0 Å². The first-order valence-corrected chi connectivity index (χ1v) is 16.6. The fourth-order valence-corrected chi connectivity index (χ4v) is 8.15. The molecular formula is C34H24FI2N3O3S. The molecule has 10 heteroatoms. The van der Waals surface area contributed by atoms with Crippen molar-refractivity contribution in [1.82, 2.24) is 4.57 Å². The molecule has 5 aromatic rings. The van der Waals surface area contributed by atoms with E-state index in [2.05, 4.69) is 50.5 Å². The third-order valence-corrected chi connectivity index (χ3v) is 9.61. The fourth-order valence-electron chi connectivity index (χ4n) is 4.97. The van der Waals surface area contributed by atoms with Crippen LogP contribution in [0.25, 0.3) is 6.08 Å². The highest BCUT2D eigenvalue weighted by Crippen LogP contribution is 2.32. The number of rotatable bonds is 7. The number of fused-ring (bicyclic) bond motifs is 1. The number of thiazole rings is 1. The Balaban J connectivity index is 1.40. The predicted molar refractivity (Wildman–Crippen MR) is 188 cm³/mol. The number of carbonyl (C=O) groups is 1. The van der Waals surface area contributed by atoms with Crippen LogP contribution >= 0.6 is 56.5 Å². The van der Waals surface area contributed by atoms with E-state index in [4.69, 9.17) is 9.73 Å². The number of anilines is 1. The predicted octanol–water partition coefficient (Wildman–Crippen LogP) is 6.80. The van der Waals surface area contributed by atoms with E-state index in [-0.39, 0.29) is 11.5 Å². The Labute approximate surface area is 283 Å². The molecule has 0 radical (unpaired) electrons. The van der Waals surface area contributed by atoms with Gasteiger partial charge in [-0.25, -0.2) is 9.38 Å². The number of allylic oxidation sites excluding steroid dienone is 1. The van der Waals surface area contributed by atoms with E-state index < -0.39 is 11.9 Å². The van der Waals surface area contributed by atoms with Crippen LogP contribution in [0, 0.1) is 13.0 Å². The number of halogens is 3. The van der Waals surface area contributed by atoms with Crippen LogP contribution in [0.2, 0.25) is 0 Å². The largest absolute Gasteiger partial charge is 0.487 e. The van der Waals surface area contributed by atoms with Crippen molar-refractivity contribution in [2.45, 2.75) is 19.6 Å². The van der Waals surface area contributed by atoms with Crippen LogP contribution in [0.5, 0.6) is 5.75 Å². The van der Waals surface area contributed by atoms with Gasteiger partial charge in [-0.3, -0.25) is 14.2 Å². The standard InChI is InChI=1S/C34H24FI2N3O3S/c1-20-29(32(41)39-25-10-6-3-7-11-25)30(23-12-14-24(35)15-13-23)40-33(42)28(44-34(40)38-20)18-22-16-26(36)31(27(37)17-22)43-19-21-8-4-2-5-9-21/h2-18,30H,19H2,1H3,(H,39,41)/b28-18+/t30-/m1/s1. The molecule has 220 valence electrons. The van der Waals surface area contributed by atoms with Crippen molar-refractivity contribution >= 4 is 74.2 Å². The number of nitrogens with one attached hydrogen (secondary N) is 1. The molecule has 1 atom stereocenters. The number of ether oxygens (including phenoxy) is 1. The summed E-state index contributed by atoms with van der Waals surface area (Å²) in [6.07, 6.45) is 1.83. The Bertz CT molecular complexity index is 2050. The maximum Gasteiger partial charge on any atom is 0.271 e. The van der Waals surface area contributed by atoms with Crippen LogP contribution in [0.3, 0.4) is 0 Å². The third-order valence-electron chi connectivity index (χ3n) is 7.03. The topological polar surface area (TPSA) is 72.7 Å². The second kappa shape index (κ2) is 13.2. The van der Waals surface area contributed by atoms with Crippen molar-refractivity contribution in [3.63, 3.8) is 0 Å². The number of hydrogen-bond donors (Lipinski definition) is 1. The molecular weight excluding hydrogens is 803 g/mol. The van der Waals surface area contributed by atoms with Crippen molar-refractivity contribution in [3.05, 3.63) is 158 Å². The molecule has 0 spiro atoms. The molecule has 6 nitrogen and oxygen atoms in total. The van der Waals surface area contributed by atoms with Gasteiger partial charge in [0.2, 0.25) is 0 Å². The average Bonchev–Trinajstić information content (AvgIpc) is 3.31. The van der Waals surface area contributed by atoms with Crippen molar-refractivity contribution < 1.29 is 13.9 Å². The van der Waals surface area contributed by atoms with E-state index in [1.54, 1.807) is 31.2 Å². The molecule has 2 heterocycles. The Morgan fingerprint density at radius 3 is 2.30 bits per heavy atom. The molecule has 6 rings (SSSR count). The first-order valence-electron chi connectivity index (χ1n) is 13.6. The molecule has 4 aromatic carbocycles. The SMILES string of the molecule is CC1=C(C(=O)Nc2ccccc2)[C@@H](c2ccc(F)cc2)n2c(s/c(=C/c3cc(I)c(OCc4ccccc4)c(I)c3)c2=O)=N1. The van der Waals surface area contributed by atoms with Gasteiger partial charge in [0.1, 0.15) is 18.2 Å². The van der Waals surface area contributed by atoms with E-state index in [0.29, 0.717) is 38.5 Å². The lowest BCUT2D eigenvalue weighted by Crippen LogP contribution is -2.40. The molecule has 1 amide bonds. The van der Waals surface area contributed by atoms with Crippen molar-refractivity contribution in [1.29, 1.82) is 0 Å². The van der Waals surface area contributed by atoms with Gasteiger partial charge in [-0.15, -0.1) is 0 Å². The molecule has 0 aliphatic carbocycles. The summed E-state index contributed by atoms with van der Waals surface area (Å²) in [6.45, 7) is 2.21. The molecule has 0 saturated heterocycles. The van der Waals surface area contributed by atoms with Crippen molar-refractivity contribution in [2.75, 3.05) is 5.32 Å². The van der Waals surface area contributed by atoms with Crippen LogP contribution in [-0.4, -0.2) is 10.5 Å². The van der Waals surface area contributed by atoms with Crippen LogP contribution in [0.4, 0.5) is 10.1 Å². The van der Waals surface area contributed by atoms with Crippen LogP contribution in [0.15, 0.2) is 118 Å². The van der Waals surface area contributed by atoms with Gasteiger partial charge in [0.15, 0.2) is 4.80 Å². The number of carbonyl (C=O) groups excluding carboxylic acids is 1. The summed E-state index contributed by atoms with van der Waals surface area (Å²) < 4.78 is 23.9. The molecule has 44 heavy (non-hydrogen) atoms. The lowest BCUT2D eigenvalue weighted by Gasteiger charge is -2.25. The first-order chi connectivity index (χ1) is 21.3. The zero-order valence-electron chi connectivity index (χ0n) is 23.3. The summed E-state index contributed by atoms with van der Waals surface area (Å²) in [5.41, 5.74) is 3.67. The summed E-state index contributed by atoms with van der Waals surface area (Å²) in [6, 6.07) is 28.1. The quantitative estimate of drug-likeness (QED) is 0.184. The third kappa shape index (κ3) is 6.42. The summed E-state index contributed by atoms with van der Waals surface area (Å²) in [4.78, 5) is 32.8. The minimum Gasteiger partial charge on any atom is -0.487 e. The molecule has 0 fully saturated rings. The first kappa shape index (κ1) is 30.4. The second-order valence-corrected chi connectivity index (χ2v) is 13.4. The molecule has 0 unspecified atom stereocenters. The Morgan fingerprint density at radius 1 is 1.00 bits per heavy atom. The Hall–Kier alpha value is -3.62. The summed E-state index contributed by atoms with van der Waals surface area (Å²) in [5, 5.41) is 2.92. The van der Waals surface area contributed by atoms with E-state index in [9.17, 15) is 14.0 Å². The zero-order chi connectivity index (χ0) is 30.8. The zero-order valence-corrected chi connectivity index (χ0v) is 28.4. The summed E-state index contributed by atoms with van der Waals surface area (Å²) >= 11 is 5.75.